The average molecular weight is 513 g/mol. The molecule has 0 aliphatic heterocycles. The molecule has 1 aromatic heterocycles. The molecule has 12 heteroatoms. The molecule has 2 aromatic carbocycles. The van der Waals surface area contributed by atoms with Gasteiger partial charge >= 0.3 is 0 Å². The Morgan fingerprint density at radius 2 is 1.89 bits per heavy atom. The Kier molecular flexibility index (Phi) is 9.01. The first kappa shape index (κ1) is 26.7. The van der Waals surface area contributed by atoms with Crippen LogP contribution in [0.2, 0.25) is 0 Å². The molecule has 0 aliphatic carbocycles. The number of nitro groups is 1. The SMILES string of the molecule is CCOc1ccc(NC(=O)CSc2nnc([C@@H](NC(=O)c3cccc([N+](=O)[O-])c3)C(C)C)n2C)cc1. The molecule has 0 saturated heterocycles. The normalized spacial score (nSPS) is 11.7. The number of aromatic nitrogens is 3. The number of ether oxygens (including phenoxy) is 1. The van der Waals surface area contributed by atoms with Crippen LogP contribution in [0.4, 0.5) is 11.4 Å². The van der Waals surface area contributed by atoms with E-state index in [9.17, 15) is 19.7 Å². The van der Waals surface area contributed by atoms with Crippen molar-refractivity contribution in [2.24, 2.45) is 13.0 Å². The second kappa shape index (κ2) is 12.2. The standard InChI is InChI=1S/C24H28N6O5S/c1-5-35-19-11-9-17(10-12-19)25-20(31)14-36-24-28-27-22(29(24)4)21(15(2)3)26-23(32)16-7-6-8-18(13-16)30(33)34/h6-13,15,21H,5,14H2,1-4H3,(H,25,31)(H,26,32)/t21-/m0/s1. The first-order chi connectivity index (χ1) is 17.2. The van der Waals surface area contributed by atoms with Crippen LogP contribution in [0.3, 0.4) is 0 Å². The number of amides is 2. The predicted octanol–water partition coefficient (Wildman–Crippen LogP) is 3.98. The number of carbonyl (C=O) groups excluding carboxylic acids is 2. The van der Waals surface area contributed by atoms with Gasteiger partial charge in [0.25, 0.3) is 11.6 Å². The number of nitrogens with one attached hydrogen (secondary N) is 2. The topological polar surface area (TPSA) is 141 Å². The van der Waals surface area contributed by atoms with Crippen LogP contribution in [-0.2, 0) is 11.8 Å². The van der Waals surface area contributed by atoms with Crippen LogP contribution in [0.25, 0.3) is 0 Å². The van der Waals surface area contributed by atoms with Gasteiger partial charge in [-0.2, -0.15) is 0 Å². The zero-order chi connectivity index (χ0) is 26.2. The smallest absolute Gasteiger partial charge is 0.270 e. The van der Waals surface area contributed by atoms with Crippen LogP contribution < -0.4 is 15.4 Å². The summed E-state index contributed by atoms with van der Waals surface area (Å²) < 4.78 is 7.13. The van der Waals surface area contributed by atoms with Gasteiger partial charge in [-0.3, -0.25) is 19.7 Å². The molecule has 3 aromatic rings. The van der Waals surface area contributed by atoms with Crippen molar-refractivity contribution >= 4 is 35.0 Å². The van der Waals surface area contributed by atoms with Crippen LogP contribution in [-0.4, -0.2) is 43.9 Å². The Morgan fingerprint density at radius 1 is 1.17 bits per heavy atom. The van der Waals surface area contributed by atoms with E-state index in [-0.39, 0.29) is 28.8 Å². The Bertz CT molecular complexity index is 1230. The van der Waals surface area contributed by atoms with Crippen LogP contribution in [0.1, 0.15) is 43.0 Å². The van der Waals surface area contributed by atoms with Gasteiger partial charge in [0, 0.05) is 30.4 Å². The molecule has 0 radical (unpaired) electrons. The lowest BCUT2D eigenvalue weighted by atomic mass is 10.0. The molecule has 1 heterocycles. The molecular formula is C24H28N6O5S. The van der Waals surface area contributed by atoms with E-state index < -0.39 is 16.9 Å². The second-order valence-electron chi connectivity index (χ2n) is 8.20. The summed E-state index contributed by atoms with van der Waals surface area (Å²) in [7, 11) is 1.76. The third-order valence-electron chi connectivity index (χ3n) is 5.20. The predicted molar refractivity (Wildman–Crippen MR) is 136 cm³/mol. The lowest BCUT2D eigenvalue weighted by Crippen LogP contribution is -2.33. The van der Waals surface area contributed by atoms with Crippen molar-refractivity contribution < 1.29 is 19.2 Å². The lowest BCUT2D eigenvalue weighted by Gasteiger charge is -2.21. The minimum atomic E-state index is -0.547. The molecule has 0 bridgehead atoms. The molecule has 36 heavy (non-hydrogen) atoms. The summed E-state index contributed by atoms with van der Waals surface area (Å²) in [6, 6.07) is 12.2. The van der Waals surface area contributed by atoms with Crippen molar-refractivity contribution in [2.45, 2.75) is 32.0 Å². The lowest BCUT2D eigenvalue weighted by molar-refractivity contribution is -0.384. The molecule has 1 atom stereocenters. The van der Waals surface area contributed by atoms with Gasteiger partial charge in [-0.15, -0.1) is 10.2 Å². The highest BCUT2D eigenvalue weighted by Crippen LogP contribution is 2.25. The Balaban J connectivity index is 1.64. The molecule has 0 fully saturated rings. The number of non-ortho nitro benzene ring substituents is 1. The number of anilines is 1. The van der Waals surface area contributed by atoms with Gasteiger partial charge in [0.15, 0.2) is 11.0 Å². The largest absolute Gasteiger partial charge is 0.494 e. The minimum absolute atomic E-state index is 0.0450. The third-order valence-corrected chi connectivity index (χ3v) is 6.22. The average Bonchev–Trinajstić information content (AvgIpc) is 3.22. The number of thioether (sulfide) groups is 1. The number of hydrogen-bond acceptors (Lipinski definition) is 8. The fourth-order valence-electron chi connectivity index (χ4n) is 3.37. The van der Waals surface area contributed by atoms with Crippen molar-refractivity contribution in [3.05, 3.63) is 70.0 Å². The first-order valence-corrected chi connectivity index (χ1v) is 12.3. The zero-order valence-corrected chi connectivity index (χ0v) is 21.2. The minimum Gasteiger partial charge on any atom is -0.494 e. The molecule has 2 amide bonds. The fraction of sp³-hybridized carbons (Fsp3) is 0.333. The number of nitrogens with zero attached hydrogens (tertiary/aromatic N) is 4. The Morgan fingerprint density at radius 3 is 2.53 bits per heavy atom. The van der Waals surface area contributed by atoms with Crippen LogP contribution in [0.15, 0.2) is 53.7 Å². The maximum Gasteiger partial charge on any atom is 0.270 e. The van der Waals surface area contributed by atoms with Gasteiger partial charge in [0.05, 0.1) is 23.3 Å². The van der Waals surface area contributed by atoms with E-state index in [1.807, 2.05) is 20.8 Å². The summed E-state index contributed by atoms with van der Waals surface area (Å²) in [6.45, 7) is 6.31. The molecule has 0 unspecified atom stereocenters. The van der Waals surface area contributed by atoms with Gasteiger partial charge < -0.3 is 19.9 Å². The van der Waals surface area contributed by atoms with Crippen LogP contribution in [0, 0.1) is 16.0 Å². The van der Waals surface area contributed by atoms with Crippen molar-refractivity contribution in [3.63, 3.8) is 0 Å². The maximum atomic E-state index is 12.8. The van der Waals surface area contributed by atoms with E-state index in [0.717, 1.165) is 5.75 Å². The summed E-state index contributed by atoms with van der Waals surface area (Å²) in [5, 5.41) is 25.7. The second-order valence-corrected chi connectivity index (χ2v) is 9.14. The van der Waals surface area contributed by atoms with Crippen LogP contribution in [0.5, 0.6) is 5.75 Å². The van der Waals surface area contributed by atoms with Gasteiger partial charge in [-0.1, -0.05) is 31.7 Å². The number of rotatable bonds is 11. The summed E-state index contributed by atoms with van der Waals surface area (Å²) >= 11 is 1.22. The van der Waals surface area contributed by atoms with Gasteiger partial charge in [0.2, 0.25) is 5.91 Å². The molecule has 0 saturated carbocycles. The van der Waals surface area contributed by atoms with E-state index in [1.54, 1.807) is 35.9 Å². The quantitative estimate of drug-likeness (QED) is 0.223. The summed E-state index contributed by atoms with van der Waals surface area (Å²) in [6.07, 6.45) is 0. The Hall–Kier alpha value is -3.93. The van der Waals surface area contributed by atoms with E-state index in [0.29, 0.717) is 23.3 Å². The highest BCUT2D eigenvalue weighted by Gasteiger charge is 2.26. The number of nitro benzene ring substituents is 1. The number of benzene rings is 2. The first-order valence-electron chi connectivity index (χ1n) is 11.3. The molecule has 3 rings (SSSR count). The van der Waals surface area contributed by atoms with Gasteiger partial charge in [0.1, 0.15) is 5.75 Å². The molecule has 190 valence electrons. The summed E-state index contributed by atoms with van der Waals surface area (Å²) in [4.78, 5) is 35.7. The molecule has 11 nitrogen and oxygen atoms in total. The fourth-order valence-corrected chi connectivity index (χ4v) is 4.08. The van der Waals surface area contributed by atoms with E-state index in [1.165, 1.54) is 36.0 Å². The van der Waals surface area contributed by atoms with Crippen LogP contribution >= 0.6 is 11.8 Å². The Labute approximate surface area is 212 Å². The summed E-state index contributed by atoms with van der Waals surface area (Å²) in [5.41, 5.74) is 0.675. The highest BCUT2D eigenvalue weighted by atomic mass is 32.2. The maximum absolute atomic E-state index is 12.8. The van der Waals surface area contributed by atoms with Gasteiger partial charge in [-0.25, -0.2) is 0 Å². The molecule has 2 N–H and O–H groups in total. The summed E-state index contributed by atoms with van der Waals surface area (Å²) in [5.74, 6) is 0.659. The van der Waals surface area contributed by atoms with Crippen molar-refractivity contribution in [2.75, 3.05) is 17.7 Å². The zero-order valence-electron chi connectivity index (χ0n) is 20.4. The number of hydrogen-bond donors (Lipinski definition) is 2. The monoisotopic (exact) mass is 512 g/mol. The van der Waals surface area contributed by atoms with Crippen molar-refractivity contribution in [1.82, 2.24) is 20.1 Å². The van der Waals surface area contributed by atoms with Crippen molar-refractivity contribution in [3.8, 4) is 5.75 Å². The third kappa shape index (κ3) is 6.81. The number of carbonyl (C=O) groups is 2. The van der Waals surface area contributed by atoms with E-state index in [4.69, 9.17) is 4.74 Å². The highest BCUT2D eigenvalue weighted by molar-refractivity contribution is 7.99. The molecular weight excluding hydrogens is 484 g/mol. The van der Waals surface area contributed by atoms with E-state index in [2.05, 4.69) is 20.8 Å². The molecule has 0 spiro atoms. The van der Waals surface area contributed by atoms with Crippen molar-refractivity contribution in [1.29, 1.82) is 0 Å². The molecule has 0 aliphatic rings. The van der Waals surface area contributed by atoms with Gasteiger partial charge in [-0.05, 0) is 43.2 Å². The van der Waals surface area contributed by atoms with E-state index >= 15 is 0 Å².